The Hall–Kier alpha value is -2.47. The number of halogens is 1. The summed E-state index contributed by atoms with van der Waals surface area (Å²) >= 11 is 1.57. The summed E-state index contributed by atoms with van der Waals surface area (Å²) in [6.07, 6.45) is 3.35. The van der Waals surface area contributed by atoms with Crippen LogP contribution in [0.25, 0.3) is 6.08 Å². The van der Waals surface area contributed by atoms with Crippen LogP contribution in [0.1, 0.15) is 15.2 Å². The predicted molar refractivity (Wildman–Crippen MR) is 92.2 cm³/mol. The fourth-order valence-electron chi connectivity index (χ4n) is 2.58. The van der Waals surface area contributed by atoms with Gasteiger partial charge in [-0.1, -0.05) is 18.2 Å². The molecule has 124 valence electrons. The van der Waals surface area contributed by atoms with Gasteiger partial charge in [-0.2, -0.15) is 0 Å². The summed E-state index contributed by atoms with van der Waals surface area (Å²) in [4.78, 5) is 28.8. The topological polar surface area (TPSA) is 40.6 Å². The Bertz CT molecular complexity index is 750. The summed E-state index contributed by atoms with van der Waals surface area (Å²) in [5, 5.41) is 1.96. The average molecular weight is 344 g/mol. The quantitative estimate of drug-likeness (QED) is 0.804. The van der Waals surface area contributed by atoms with Crippen LogP contribution in [0, 0.1) is 5.82 Å². The molecule has 0 atom stereocenters. The third-order valence-electron chi connectivity index (χ3n) is 3.92. The third kappa shape index (κ3) is 3.71. The Labute approximate surface area is 143 Å². The van der Waals surface area contributed by atoms with Crippen LogP contribution in [0.3, 0.4) is 0 Å². The van der Waals surface area contributed by atoms with Crippen molar-refractivity contribution in [2.45, 2.75) is 0 Å². The van der Waals surface area contributed by atoms with E-state index in [2.05, 4.69) is 0 Å². The molecular formula is C18H17FN2O2S. The van der Waals surface area contributed by atoms with Gasteiger partial charge >= 0.3 is 0 Å². The van der Waals surface area contributed by atoms with Gasteiger partial charge in [-0.05, 0) is 29.7 Å². The van der Waals surface area contributed by atoms with Gasteiger partial charge in [0, 0.05) is 37.1 Å². The van der Waals surface area contributed by atoms with Crippen molar-refractivity contribution in [3.8, 4) is 0 Å². The Kier molecular flexibility index (Phi) is 5.05. The first-order valence-electron chi connectivity index (χ1n) is 7.69. The summed E-state index contributed by atoms with van der Waals surface area (Å²) in [6.45, 7) is 1.72. The molecule has 0 N–H and O–H groups in total. The number of hydrogen-bond acceptors (Lipinski definition) is 3. The lowest BCUT2D eigenvalue weighted by Crippen LogP contribution is -2.50. The van der Waals surface area contributed by atoms with E-state index in [1.165, 1.54) is 12.1 Å². The minimum absolute atomic E-state index is 0.0682. The largest absolute Gasteiger partial charge is 0.336 e. The molecule has 1 aliphatic heterocycles. The first-order chi connectivity index (χ1) is 11.6. The standard InChI is InChI=1S/C18H17FN2O2S/c19-16-6-2-1-5-15(16)18(23)21-11-9-20(10-12-21)17(22)8-7-14-4-3-13-24-14/h1-8,13H,9-12H2/b8-7+. The zero-order valence-electron chi connectivity index (χ0n) is 13.0. The molecule has 0 radical (unpaired) electrons. The Balaban J connectivity index is 1.56. The van der Waals surface area contributed by atoms with Crippen LogP contribution in [-0.2, 0) is 4.79 Å². The zero-order chi connectivity index (χ0) is 16.9. The van der Waals surface area contributed by atoms with E-state index in [1.807, 2.05) is 17.5 Å². The Morgan fingerprint density at radius 3 is 2.38 bits per heavy atom. The van der Waals surface area contributed by atoms with Crippen molar-refractivity contribution in [1.29, 1.82) is 0 Å². The molecule has 0 saturated carbocycles. The lowest BCUT2D eigenvalue weighted by Gasteiger charge is -2.34. The molecule has 24 heavy (non-hydrogen) atoms. The smallest absolute Gasteiger partial charge is 0.256 e. The van der Waals surface area contributed by atoms with E-state index in [0.29, 0.717) is 26.2 Å². The molecule has 1 aromatic carbocycles. The van der Waals surface area contributed by atoms with Gasteiger partial charge in [0.15, 0.2) is 0 Å². The minimum atomic E-state index is -0.514. The summed E-state index contributed by atoms with van der Waals surface area (Å²) in [5.41, 5.74) is 0.0786. The van der Waals surface area contributed by atoms with Crippen LogP contribution in [-0.4, -0.2) is 47.8 Å². The Morgan fingerprint density at radius 1 is 1.00 bits per heavy atom. The predicted octanol–water partition coefficient (Wildman–Crippen LogP) is 2.89. The molecule has 6 heteroatoms. The van der Waals surface area contributed by atoms with Crippen molar-refractivity contribution in [1.82, 2.24) is 9.80 Å². The number of carbonyl (C=O) groups is 2. The number of rotatable bonds is 3. The van der Waals surface area contributed by atoms with Gasteiger partial charge in [-0.15, -0.1) is 11.3 Å². The maximum atomic E-state index is 13.7. The molecule has 1 fully saturated rings. The summed E-state index contributed by atoms with van der Waals surface area (Å²) < 4.78 is 13.7. The minimum Gasteiger partial charge on any atom is -0.336 e. The first kappa shape index (κ1) is 16.4. The van der Waals surface area contributed by atoms with E-state index >= 15 is 0 Å². The molecule has 1 saturated heterocycles. The fourth-order valence-corrected chi connectivity index (χ4v) is 3.20. The maximum absolute atomic E-state index is 13.7. The van der Waals surface area contributed by atoms with Gasteiger partial charge in [0.05, 0.1) is 5.56 Å². The lowest BCUT2D eigenvalue weighted by atomic mass is 10.1. The number of piperazine rings is 1. The Morgan fingerprint density at radius 2 is 1.71 bits per heavy atom. The first-order valence-corrected chi connectivity index (χ1v) is 8.57. The number of amides is 2. The van der Waals surface area contributed by atoms with Crippen molar-refractivity contribution in [3.63, 3.8) is 0 Å². The van der Waals surface area contributed by atoms with Crippen molar-refractivity contribution in [2.24, 2.45) is 0 Å². The number of thiophene rings is 1. The molecule has 2 heterocycles. The van der Waals surface area contributed by atoms with E-state index in [4.69, 9.17) is 0 Å². The van der Waals surface area contributed by atoms with Crippen LogP contribution in [0.5, 0.6) is 0 Å². The highest BCUT2D eigenvalue weighted by Gasteiger charge is 2.25. The molecule has 0 unspecified atom stereocenters. The summed E-state index contributed by atoms with van der Waals surface area (Å²) in [7, 11) is 0. The summed E-state index contributed by atoms with van der Waals surface area (Å²) in [5.74, 6) is -0.907. The number of hydrogen-bond donors (Lipinski definition) is 0. The highest BCUT2D eigenvalue weighted by molar-refractivity contribution is 7.10. The molecule has 1 aromatic heterocycles. The van der Waals surface area contributed by atoms with E-state index in [-0.39, 0.29) is 17.4 Å². The molecule has 0 aliphatic carbocycles. The lowest BCUT2D eigenvalue weighted by molar-refractivity contribution is -0.127. The van der Waals surface area contributed by atoms with Crippen LogP contribution < -0.4 is 0 Å². The normalized spacial score (nSPS) is 15.0. The molecule has 0 bridgehead atoms. The van der Waals surface area contributed by atoms with E-state index in [1.54, 1.807) is 45.4 Å². The van der Waals surface area contributed by atoms with Crippen LogP contribution in [0.15, 0.2) is 47.9 Å². The van der Waals surface area contributed by atoms with Gasteiger partial charge < -0.3 is 9.80 Å². The third-order valence-corrected chi connectivity index (χ3v) is 4.75. The van der Waals surface area contributed by atoms with Gasteiger partial charge in [-0.3, -0.25) is 9.59 Å². The average Bonchev–Trinajstić information content (AvgIpc) is 3.13. The molecule has 2 aromatic rings. The number of carbonyl (C=O) groups excluding carboxylic acids is 2. The van der Waals surface area contributed by atoms with Crippen LogP contribution >= 0.6 is 11.3 Å². The van der Waals surface area contributed by atoms with Crippen molar-refractivity contribution in [2.75, 3.05) is 26.2 Å². The molecule has 4 nitrogen and oxygen atoms in total. The van der Waals surface area contributed by atoms with Crippen molar-refractivity contribution < 1.29 is 14.0 Å². The van der Waals surface area contributed by atoms with Crippen LogP contribution in [0.4, 0.5) is 4.39 Å². The zero-order valence-corrected chi connectivity index (χ0v) is 13.8. The fraction of sp³-hybridized carbons (Fsp3) is 0.222. The van der Waals surface area contributed by atoms with Gasteiger partial charge in [0.1, 0.15) is 5.82 Å². The number of benzene rings is 1. The molecule has 0 spiro atoms. The second-order valence-electron chi connectivity index (χ2n) is 5.45. The summed E-state index contributed by atoms with van der Waals surface area (Å²) in [6, 6.07) is 9.84. The van der Waals surface area contributed by atoms with E-state index < -0.39 is 5.82 Å². The second kappa shape index (κ2) is 7.40. The molecule has 2 amide bonds. The second-order valence-corrected chi connectivity index (χ2v) is 6.43. The van der Waals surface area contributed by atoms with Gasteiger partial charge in [0.25, 0.3) is 5.91 Å². The van der Waals surface area contributed by atoms with Crippen molar-refractivity contribution in [3.05, 3.63) is 64.1 Å². The van der Waals surface area contributed by atoms with E-state index in [0.717, 1.165) is 4.88 Å². The van der Waals surface area contributed by atoms with Gasteiger partial charge in [-0.25, -0.2) is 4.39 Å². The highest BCUT2D eigenvalue weighted by atomic mass is 32.1. The highest BCUT2D eigenvalue weighted by Crippen LogP contribution is 2.14. The van der Waals surface area contributed by atoms with Gasteiger partial charge in [0.2, 0.25) is 5.91 Å². The monoisotopic (exact) mass is 344 g/mol. The molecular weight excluding hydrogens is 327 g/mol. The van der Waals surface area contributed by atoms with Crippen LogP contribution in [0.2, 0.25) is 0 Å². The molecule has 3 rings (SSSR count). The molecule has 1 aliphatic rings. The SMILES string of the molecule is O=C(/C=C/c1cccs1)N1CCN(C(=O)c2ccccc2F)CC1. The number of nitrogens with zero attached hydrogens (tertiary/aromatic N) is 2. The van der Waals surface area contributed by atoms with E-state index in [9.17, 15) is 14.0 Å². The maximum Gasteiger partial charge on any atom is 0.256 e. The van der Waals surface area contributed by atoms with Crippen molar-refractivity contribution >= 4 is 29.2 Å².